The Morgan fingerprint density at radius 3 is 2.62 bits per heavy atom. The Hall–Kier alpha value is -3.37. The largest absolute Gasteiger partial charge is 0.475 e. The fourth-order valence-corrected chi connectivity index (χ4v) is 6.69. The van der Waals surface area contributed by atoms with Gasteiger partial charge in [0.15, 0.2) is 35.1 Å². The standard InChI is InChI=1S/C14H19FN5O6P.C9H13N3O6/c1-6(2)25-27(22)23-4-7-9(26-27)14(3,15)12(24-7)20-5-17-8-10(20)18-13(16)19-11(8)21;13-3-4-6(14)7(15)8(18-4)12-2-1-5(11-17)10-9(12)16/h5-7,9,12H,4H2,1-3H3,(H3,16,18,19,21);1-2,4,6-8,13-15,17H,3H2,(H,10,11,16)/t7-,9+,12-,14?,27?;4-,6+,7?,8-/m11/s1. The highest BCUT2D eigenvalue weighted by atomic mass is 31.2. The van der Waals surface area contributed by atoms with E-state index in [1.54, 1.807) is 19.3 Å². The van der Waals surface area contributed by atoms with Crippen LogP contribution in [0.3, 0.4) is 0 Å². The lowest BCUT2D eigenvalue weighted by Crippen LogP contribution is -2.45. The minimum atomic E-state index is -3.92. The molecule has 0 saturated carbocycles. The highest BCUT2D eigenvalue weighted by molar-refractivity contribution is 7.48. The van der Waals surface area contributed by atoms with Crippen LogP contribution < -0.4 is 22.5 Å². The first-order chi connectivity index (χ1) is 21.2. The van der Waals surface area contributed by atoms with Gasteiger partial charge in [0.2, 0.25) is 5.95 Å². The van der Waals surface area contributed by atoms with Crippen molar-refractivity contribution in [2.75, 3.05) is 24.4 Å². The Balaban J connectivity index is 0.000000194. The van der Waals surface area contributed by atoms with Crippen molar-refractivity contribution >= 4 is 30.8 Å². The molecule has 3 unspecified atom stereocenters. The van der Waals surface area contributed by atoms with E-state index in [1.165, 1.54) is 30.1 Å². The van der Waals surface area contributed by atoms with E-state index in [9.17, 15) is 24.4 Å². The molecule has 3 aliphatic rings. The second-order valence-corrected chi connectivity index (χ2v) is 12.3. The molecule has 0 aliphatic carbocycles. The topological polar surface area (TPSA) is 281 Å². The molecule has 8 N–H and O–H groups in total. The molecule has 45 heavy (non-hydrogen) atoms. The lowest BCUT2D eigenvalue weighted by Gasteiger charge is -2.34. The highest BCUT2D eigenvalue weighted by Crippen LogP contribution is 2.60. The molecule has 3 aliphatic heterocycles. The van der Waals surface area contributed by atoms with Crippen LogP contribution in [0, 0.1) is 0 Å². The summed E-state index contributed by atoms with van der Waals surface area (Å²) in [7, 11) is -3.92. The molecule has 248 valence electrons. The Morgan fingerprint density at radius 1 is 1.27 bits per heavy atom. The van der Waals surface area contributed by atoms with E-state index in [0.717, 1.165) is 4.57 Å². The number of aliphatic hydroxyl groups is 3. The van der Waals surface area contributed by atoms with Crippen LogP contribution in [0.25, 0.3) is 11.2 Å². The van der Waals surface area contributed by atoms with Crippen LogP contribution in [0.4, 0.5) is 16.2 Å². The number of halogens is 1. The van der Waals surface area contributed by atoms with Crippen molar-refractivity contribution in [3.05, 3.63) is 39.4 Å². The van der Waals surface area contributed by atoms with E-state index in [-0.39, 0.29) is 29.5 Å². The van der Waals surface area contributed by atoms with Crippen LogP contribution in [0.1, 0.15) is 33.2 Å². The summed E-state index contributed by atoms with van der Waals surface area (Å²) in [4.78, 5) is 37.3. The molecule has 3 saturated heterocycles. The number of hydrogen-bond donors (Lipinski definition) is 7. The molecule has 22 heteroatoms. The van der Waals surface area contributed by atoms with E-state index in [0.29, 0.717) is 0 Å². The molecule has 0 aromatic carbocycles. The predicted molar refractivity (Wildman–Crippen MR) is 148 cm³/mol. The predicted octanol–water partition coefficient (Wildman–Crippen LogP) is -1.07. The normalized spacial score (nSPS) is 34.5. The summed E-state index contributed by atoms with van der Waals surface area (Å²) in [6.45, 7) is 3.91. The molecule has 0 amide bonds. The van der Waals surface area contributed by atoms with Crippen molar-refractivity contribution in [3.63, 3.8) is 0 Å². The number of aromatic amines is 1. The maximum absolute atomic E-state index is 15.7. The molecule has 20 nitrogen and oxygen atoms in total. The number of phosphoric ester groups is 1. The number of aliphatic hydroxyl groups excluding tert-OH is 3. The third-order valence-corrected chi connectivity index (χ3v) is 8.73. The quantitative estimate of drug-likeness (QED) is 0.122. The third-order valence-electron chi connectivity index (χ3n) is 7.10. The second kappa shape index (κ2) is 12.4. The number of nitrogens with two attached hydrogens (primary N) is 1. The number of nitrogen functional groups attached to an aromatic ring is 1. The van der Waals surface area contributed by atoms with Crippen molar-refractivity contribution in [1.82, 2.24) is 29.1 Å². The van der Waals surface area contributed by atoms with E-state index >= 15 is 4.39 Å². The zero-order chi connectivity index (χ0) is 32.8. The lowest BCUT2D eigenvalue weighted by molar-refractivity contribution is -0.0733. The number of rotatable bonds is 6. The molecule has 0 spiro atoms. The summed E-state index contributed by atoms with van der Waals surface area (Å²) in [6, 6.07) is 1.29. The van der Waals surface area contributed by atoms with Crippen molar-refractivity contribution in [2.24, 2.45) is 0 Å². The van der Waals surface area contributed by atoms with Gasteiger partial charge in [-0.05, 0) is 26.8 Å². The van der Waals surface area contributed by atoms with Crippen molar-refractivity contribution in [1.29, 1.82) is 0 Å². The van der Waals surface area contributed by atoms with Crippen LogP contribution in [0.5, 0.6) is 0 Å². The Morgan fingerprint density at radius 2 is 2.00 bits per heavy atom. The van der Waals surface area contributed by atoms with Crippen LogP contribution >= 0.6 is 7.82 Å². The monoisotopic (exact) mass is 662 g/mol. The van der Waals surface area contributed by atoms with Crippen molar-refractivity contribution in [3.8, 4) is 0 Å². The summed E-state index contributed by atoms with van der Waals surface area (Å²) in [6.07, 6.45) is -5.99. The lowest BCUT2D eigenvalue weighted by atomic mass is 9.98. The van der Waals surface area contributed by atoms with Gasteiger partial charge in [0.25, 0.3) is 5.56 Å². The first kappa shape index (κ1) is 33.0. The minimum absolute atomic E-state index is 0.00977. The van der Waals surface area contributed by atoms with Gasteiger partial charge in [0.05, 0.1) is 25.6 Å². The molecule has 0 radical (unpaired) electrons. The number of hydrogen-bond acceptors (Lipinski definition) is 17. The van der Waals surface area contributed by atoms with Gasteiger partial charge in [0.1, 0.15) is 30.5 Å². The molecular formula is C23H32FN8O12P. The Kier molecular flexibility index (Phi) is 9.12. The number of fused-ring (bicyclic) bond motifs is 2. The summed E-state index contributed by atoms with van der Waals surface area (Å²) in [5.74, 6) is -0.192. The van der Waals surface area contributed by atoms with Gasteiger partial charge >= 0.3 is 13.5 Å². The number of H-pyrrole nitrogens is 1. The van der Waals surface area contributed by atoms with Gasteiger partial charge in [-0.3, -0.25) is 43.2 Å². The SMILES string of the molecule is CC(C)OP1(=O)OC[C@H]2O[C@@H](n3cnc4c(=O)[nH]c(N)nc43)C(C)(F)[C@H]2O1.O=c1nc(NO)ccn1[C@@H]1O[C@H](CO)[C@H](O)C1O. The van der Waals surface area contributed by atoms with Gasteiger partial charge in [0, 0.05) is 6.20 Å². The third kappa shape index (κ3) is 6.23. The summed E-state index contributed by atoms with van der Waals surface area (Å²) >= 11 is 0. The van der Waals surface area contributed by atoms with E-state index < -0.39 is 80.4 Å². The average molecular weight is 663 g/mol. The van der Waals surface area contributed by atoms with Gasteiger partial charge in [-0.2, -0.15) is 9.97 Å². The van der Waals surface area contributed by atoms with Crippen LogP contribution in [-0.4, -0.2) is 105 Å². The number of imidazole rings is 1. The summed E-state index contributed by atoms with van der Waals surface area (Å²) < 4.78 is 57.2. The molecular weight excluding hydrogens is 630 g/mol. The fraction of sp³-hybridized carbons (Fsp3) is 0.609. The number of phosphoric acid groups is 1. The highest BCUT2D eigenvalue weighted by Gasteiger charge is 2.62. The number of anilines is 2. The first-order valence-electron chi connectivity index (χ1n) is 13.5. The molecule has 9 atom stereocenters. The van der Waals surface area contributed by atoms with Crippen LogP contribution in [0.15, 0.2) is 28.2 Å². The maximum Gasteiger partial charge on any atom is 0.475 e. The van der Waals surface area contributed by atoms with Gasteiger partial charge < -0.3 is 30.5 Å². The number of aromatic nitrogens is 6. The fourth-order valence-electron chi connectivity index (χ4n) is 5.05. The number of nitrogens with one attached hydrogen (secondary N) is 2. The zero-order valence-corrected chi connectivity index (χ0v) is 24.9. The zero-order valence-electron chi connectivity index (χ0n) is 24.0. The van der Waals surface area contributed by atoms with Gasteiger partial charge in [-0.1, -0.05) is 0 Å². The van der Waals surface area contributed by atoms with E-state index in [4.69, 9.17) is 39.1 Å². The van der Waals surface area contributed by atoms with Crippen molar-refractivity contribution in [2.45, 2.75) is 75.5 Å². The Bertz CT molecular complexity index is 1700. The summed E-state index contributed by atoms with van der Waals surface area (Å²) in [5, 5.41) is 36.8. The molecule has 0 bridgehead atoms. The van der Waals surface area contributed by atoms with Crippen LogP contribution in [-0.2, 0) is 27.6 Å². The summed E-state index contributed by atoms with van der Waals surface area (Å²) in [5.41, 5.74) is 3.87. The minimum Gasteiger partial charge on any atom is -0.394 e. The molecule has 3 aromatic heterocycles. The average Bonchev–Trinajstić information content (AvgIpc) is 3.60. The first-order valence-corrected chi connectivity index (χ1v) is 14.9. The van der Waals surface area contributed by atoms with Crippen molar-refractivity contribution < 1.29 is 52.5 Å². The van der Waals surface area contributed by atoms with Gasteiger partial charge in [-0.25, -0.2) is 18.7 Å². The number of alkyl halides is 1. The number of nitrogens with zero attached hydrogens (tertiary/aromatic N) is 5. The van der Waals surface area contributed by atoms with Gasteiger partial charge in [-0.15, -0.1) is 0 Å². The molecule has 3 aromatic rings. The molecule has 6 rings (SSSR count). The molecule has 3 fully saturated rings. The van der Waals surface area contributed by atoms with Crippen LogP contribution in [0.2, 0.25) is 0 Å². The van der Waals surface area contributed by atoms with E-state index in [2.05, 4.69) is 19.9 Å². The van der Waals surface area contributed by atoms with E-state index in [1.807, 2.05) is 0 Å². The smallest absolute Gasteiger partial charge is 0.394 e. The molecule has 6 heterocycles. The Labute approximate surface area is 252 Å². The second-order valence-electron chi connectivity index (χ2n) is 10.7. The maximum atomic E-state index is 15.7. The number of ether oxygens (including phenoxy) is 2.